The lowest BCUT2D eigenvalue weighted by molar-refractivity contribution is -0.142. The van der Waals surface area contributed by atoms with Gasteiger partial charge in [-0.3, -0.25) is 14.9 Å². The number of carbonyl (C=O) groups excluding carboxylic acids is 1. The topological polar surface area (TPSA) is 106 Å². The molecular formula is C17H18N4O4. The molecule has 1 amide bonds. The van der Waals surface area contributed by atoms with Crippen LogP contribution in [0.3, 0.4) is 0 Å². The van der Waals surface area contributed by atoms with Gasteiger partial charge in [0.05, 0.1) is 19.1 Å². The van der Waals surface area contributed by atoms with Gasteiger partial charge in [-0.25, -0.2) is 4.68 Å². The first-order chi connectivity index (χ1) is 12.1. The molecule has 130 valence electrons. The molecule has 0 radical (unpaired) electrons. The summed E-state index contributed by atoms with van der Waals surface area (Å²) < 4.78 is 7.20. The van der Waals surface area contributed by atoms with Gasteiger partial charge in [0, 0.05) is 6.42 Å². The van der Waals surface area contributed by atoms with Gasteiger partial charge in [0.2, 0.25) is 5.95 Å². The van der Waals surface area contributed by atoms with Crippen molar-refractivity contribution in [1.29, 1.82) is 0 Å². The SMILES string of the molecule is O=C(O)C1CCc2nc(NC(=O)C3OCCc4ccccc43)nn2C1. The Morgan fingerprint density at radius 2 is 2.12 bits per heavy atom. The average molecular weight is 342 g/mol. The van der Waals surface area contributed by atoms with Crippen molar-refractivity contribution >= 4 is 17.8 Å². The van der Waals surface area contributed by atoms with E-state index < -0.39 is 18.0 Å². The number of aliphatic carboxylic acids is 1. The Kier molecular flexibility index (Phi) is 3.96. The number of carboxylic acids is 1. The lowest BCUT2D eigenvalue weighted by Crippen LogP contribution is -2.28. The summed E-state index contributed by atoms with van der Waals surface area (Å²) in [5.41, 5.74) is 1.97. The number of carboxylic acid groups (broad SMARTS) is 1. The quantitative estimate of drug-likeness (QED) is 0.867. The number of hydrogen-bond donors (Lipinski definition) is 2. The monoisotopic (exact) mass is 342 g/mol. The summed E-state index contributed by atoms with van der Waals surface area (Å²) in [7, 11) is 0. The van der Waals surface area contributed by atoms with E-state index >= 15 is 0 Å². The van der Waals surface area contributed by atoms with Crippen molar-refractivity contribution < 1.29 is 19.4 Å². The van der Waals surface area contributed by atoms with Gasteiger partial charge < -0.3 is 9.84 Å². The average Bonchev–Trinajstić information content (AvgIpc) is 3.02. The molecule has 8 heteroatoms. The summed E-state index contributed by atoms with van der Waals surface area (Å²) in [6.07, 6.45) is 1.16. The van der Waals surface area contributed by atoms with E-state index in [1.54, 1.807) is 4.68 Å². The number of rotatable bonds is 3. The Hall–Kier alpha value is -2.74. The van der Waals surface area contributed by atoms with E-state index in [9.17, 15) is 9.59 Å². The van der Waals surface area contributed by atoms with Crippen molar-refractivity contribution in [3.8, 4) is 0 Å². The Labute approximate surface area is 143 Å². The number of nitrogens with one attached hydrogen (secondary N) is 1. The van der Waals surface area contributed by atoms with Crippen LogP contribution in [0.5, 0.6) is 0 Å². The molecule has 25 heavy (non-hydrogen) atoms. The second-order valence-electron chi connectivity index (χ2n) is 6.30. The van der Waals surface area contributed by atoms with Crippen LogP contribution in [0.25, 0.3) is 0 Å². The third kappa shape index (κ3) is 3.00. The van der Waals surface area contributed by atoms with E-state index in [4.69, 9.17) is 9.84 Å². The maximum Gasteiger partial charge on any atom is 0.308 e. The van der Waals surface area contributed by atoms with Crippen LogP contribution >= 0.6 is 0 Å². The van der Waals surface area contributed by atoms with Gasteiger partial charge in [-0.2, -0.15) is 4.98 Å². The molecule has 0 saturated heterocycles. The Bertz CT molecular complexity index is 832. The maximum absolute atomic E-state index is 12.6. The highest BCUT2D eigenvalue weighted by Crippen LogP contribution is 2.28. The lowest BCUT2D eigenvalue weighted by Gasteiger charge is -2.24. The van der Waals surface area contributed by atoms with Gasteiger partial charge in [-0.1, -0.05) is 24.3 Å². The predicted octanol–water partition coefficient (Wildman–Crippen LogP) is 1.18. The zero-order valence-electron chi connectivity index (χ0n) is 13.5. The van der Waals surface area contributed by atoms with E-state index in [0.29, 0.717) is 25.3 Å². The van der Waals surface area contributed by atoms with Gasteiger partial charge in [-0.05, 0) is 24.0 Å². The number of aromatic nitrogens is 3. The summed E-state index contributed by atoms with van der Waals surface area (Å²) in [5, 5.41) is 16.1. The molecule has 2 aliphatic rings. The van der Waals surface area contributed by atoms with Gasteiger partial charge in [0.1, 0.15) is 5.82 Å². The number of anilines is 1. The standard InChI is InChI=1S/C17H18N4O4/c22-15(14-12-4-2-1-3-10(12)7-8-25-14)19-17-18-13-6-5-11(16(23)24)9-21(13)20-17/h1-4,11,14H,5-9H2,(H,23,24)(H,19,20,22). The summed E-state index contributed by atoms with van der Waals surface area (Å²) in [4.78, 5) is 28.0. The number of benzene rings is 1. The zero-order valence-corrected chi connectivity index (χ0v) is 13.5. The largest absolute Gasteiger partial charge is 0.481 e. The molecule has 0 spiro atoms. The van der Waals surface area contributed by atoms with Crippen LogP contribution in [0.2, 0.25) is 0 Å². The molecule has 2 aromatic rings. The van der Waals surface area contributed by atoms with Crippen LogP contribution < -0.4 is 5.32 Å². The molecule has 8 nitrogen and oxygen atoms in total. The second-order valence-corrected chi connectivity index (χ2v) is 6.30. The Morgan fingerprint density at radius 3 is 2.96 bits per heavy atom. The minimum absolute atomic E-state index is 0.192. The zero-order chi connectivity index (χ0) is 17.4. The number of fused-ring (bicyclic) bond motifs is 2. The van der Waals surface area contributed by atoms with E-state index in [0.717, 1.165) is 17.5 Å². The van der Waals surface area contributed by atoms with Gasteiger partial charge in [-0.15, -0.1) is 5.10 Å². The van der Waals surface area contributed by atoms with Crippen LogP contribution in [0.15, 0.2) is 24.3 Å². The van der Waals surface area contributed by atoms with Crippen LogP contribution in [0, 0.1) is 5.92 Å². The molecule has 4 rings (SSSR count). The minimum Gasteiger partial charge on any atom is -0.481 e. The highest BCUT2D eigenvalue weighted by molar-refractivity contribution is 5.93. The summed E-state index contributed by atoms with van der Waals surface area (Å²) in [6, 6.07) is 7.72. The molecule has 2 atom stereocenters. The van der Waals surface area contributed by atoms with Gasteiger partial charge in [0.15, 0.2) is 6.10 Å². The predicted molar refractivity (Wildman–Crippen MR) is 86.9 cm³/mol. The third-order valence-electron chi connectivity index (χ3n) is 4.67. The van der Waals surface area contributed by atoms with E-state index in [1.165, 1.54) is 0 Å². The van der Waals surface area contributed by atoms with Crippen molar-refractivity contribution in [3.63, 3.8) is 0 Å². The molecule has 0 aliphatic carbocycles. The van der Waals surface area contributed by atoms with Crippen LogP contribution in [0.4, 0.5) is 5.95 Å². The van der Waals surface area contributed by atoms with Crippen LogP contribution in [-0.4, -0.2) is 38.4 Å². The number of ether oxygens (including phenoxy) is 1. The fourth-order valence-electron chi connectivity index (χ4n) is 3.35. The lowest BCUT2D eigenvalue weighted by atomic mass is 9.97. The van der Waals surface area contributed by atoms with E-state index in [1.807, 2.05) is 24.3 Å². The molecular weight excluding hydrogens is 324 g/mol. The summed E-state index contributed by atoms with van der Waals surface area (Å²) >= 11 is 0. The molecule has 0 saturated carbocycles. The van der Waals surface area contributed by atoms with Gasteiger partial charge >= 0.3 is 5.97 Å². The highest BCUT2D eigenvalue weighted by atomic mass is 16.5. The molecule has 2 N–H and O–H groups in total. The fourth-order valence-corrected chi connectivity index (χ4v) is 3.35. The minimum atomic E-state index is -0.834. The smallest absolute Gasteiger partial charge is 0.308 e. The van der Waals surface area contributed by atoms with Crippen molar-refractivity contribution in [2.45, 2.75) is 31.9 Å². The van der Waals surface area contributed by atoms with Crippen LogP contribution in [0.1, 0.15) is 29.5 Å². The normalized spacial score (nSPS) is 21.9. The molecule has 2 unspecified atom stereocenters. The van der Waals surface area contributed by atoms with Crippen molar-refractivity contribution in [2.24, 2.45) is 5.92 Å². The van der Waals surface area contributed by atoms with Crippen molar-refractivity contribution in [2.75, 3.05) is 11.9 Å². The van der Waals surface area contributed by atoms with Crippen molar-refractivity contribution in [1.82, 2.24) is 14.8 Å². The molecule has 2 aliphatic heterocycles. The highest BCUT2D eigenvalue weighted by Gasteiger charge is 2.30. The number of aryl methyl sites for hydroxylation is 1. The molecule has 1 aromatic heterocycles. The third-order valence-corrected chi connectivity index (χ3v) is 4.67. The molecule has 0 bridgehead atoms. The first-order valence-corrected chi connectivity index (χ1v) is 8.28. The molecule has 3 heterocycles. The van der Waals surface area contributed by atoms with Crippen LogP contribution in [-0.2, 0) is 33.7 Å². The number of amides is 1. The summed E-state index contributed by atoms with van der Waals surface area (Å²) in [6.45, 7) is 0.763. The summed E-state index contributed by atoms with van der Waals surface area (Å²) in [5.74, 6) is -0.731. The second kappa shape index (κ2) is 6.29. The first kappa shape index (κ1) is 15.8. The fraction of sp³-hybridized carbons (Fsp3) is 0.412. The molecule has 0 fully saturated rings. The number of hydrogen-bond acceptors (Lipinski definition) is 5. The van der Waals surface area contributed by atoms with E-state index in [-0.39, 0.29) is 18.4 Å². The number of carbonyl (C=O) groups is 2. The number of nitrogens with zero attached hydrogens (tertiary/aromatic N) is 3. The van der Waals surface area contributed by atoms with Gasteiger partial charge in [0.25, 0.3) is 5.91 Å². The maximum atomic E-state index is 12.6. The molecule has 1 aromatic carbocycles. The Balaban J connectivity index is 1.50. The first-order valence-electron chi connectivity index (χ1n) is 8.28. The van der Waals surface area contributed by atoms with E-state index in [2.05, 4.69) is 15.4 Å². The Morgan fingerprint density at radius 1 is 1.28 bits per heavy atom. The van der Waals surface area contributed by atoms with Crippen molar-refractivity contribution in [3.05, 3.63) is 41.2 Å².